The van der Waals surface area contributed by atoms with Gasteiger partial charge in [-0.2, -0.15) is 0 Å². The number of aliphatic imine (C=N–C) groups is 1. The van der Waals surface area contributed by atoms with E-state index in [4.69, 9.17) is 4.74 Å². The molecule has 1 aliphatic carbocycles. The van der Waals surface area contributed by atoms with E-state index in [1.54, 1.807) is 0 Å². The van der Waals surface area contributed by atoms with Gasteiger partial charge in [-0.05, 0) is 30.4 Å². The molecule has 1 heterocycles. The van der Waals surface area contributed by atoms with Crippen molar-refractivity contribution in [1.82, 2.24) is 10.2 Å². The molecule has 1 saturated heterocycles. The molecule has 1 aliphatic heterocycles. The molecule has 0 bridgehead atoms. The van der Waals surface area contributed by atoms with Crippen molar-refractivity contribution < 1.29 is 4.74 Å². The maximum Gasteiger partial charge on any atom is 0.193 e. The van der Waals surface area contributed by atoms with Crippen molar-refractivity contribution >= 4 is 29.9 Å². The molecular formula is C20H32IN3O. The van der Waals surface area contributed by atoms with Crippen molar-refractivity contribution in [2.45, 2.75) is 51.6 Å². The molecule has 3 rings (SSSR count). The summed E-state index contributed by atoms with van der Waals surface area (Å²) in [4.78, 5) is 6.88. The largest absolute Gasteiger partial charge is 0.490 e. The van der Waals surface area contributed by atoms with E-state index in [0.29, 0.717) is 11.5 Å². The van der Waals surface area contributed by atoms with Gasteiger partial charge in [-0.25, -0.2) is 0 Å². The molecule has 2 aliphatic rings. The van der Waals surface area contributed by atoms with Gasteiger partial charge >= 0.3 is 0 Å². The summed E-state index contributed by atoms with van der Waals surface area (Å²) in [5.74, 6) is 2.04. The van der Waals surface area contributed by atoms with Gasteiger partial charge in [0, 0.05) is 39.5 Å². The first kappa shape index (κ1) is 20.3. The minimum atomic E-state index is 0. The van der Waals surface area contributed by atoms with E-state index in [1.807, 2.05) is 37.4 Å². The van der Waals surface area contributed by atoms with Crippen LogP contribution in [-0.4, -0.2) is 43.6 Å². The highest BCUT2D eigenvalue weighted by molar-refractivity contribution is 14.0. The maximum absolute atomic E-state index is 6.09. The van der Waals surface area contributed by atoms with E-state index in [2.05, 4.69) is 22.1 Å². The lowest BCUT2D eigenvalue weighted by Gasteiger charge is -2.35. The van der Waals surface area contributed by atoms with Crippen molar-refractivity contribution in [2.24, 2.45) is 10.4 Å². The fourth-order valence-corrected chi connectivity index (χ4v) is 3.91. The molecule has 1 saturated carbocycles. The standard InChI is InChI=1S/C20H31N3O.HI/c1-20(12-6-7-13-20)16-22-19(21-2)23-14-10-18(11-15-23)24-17-8-4-3-5-9-17;/h3-5,8-9,18H,6-7,10-16H2,1-2H3,(H,21,22);1H. The molecule has 0 unspecified atom stereocenters. The van der Waals surface area contributed by atoms with E-state index in [-0.39, 0.29) is 24.0 Å². The van der Waals surface area contributed by atoms with Crippen LogP contribution < -0.4 is 10.1 Å². The smallest absolute Gasteiger partial charge is 0.193 e. The minimum absolute atomic E-state index is 0. The summed E-state index contributed by atoms with van der Waals surface area (Å²) in [5, 5.41) is 3.62. The molecule has 140 valence electrons. The molecule has 0 radical (unpaired) electrons. The third-order valence-electron chi connectivity index (χ3n) is 5.48. The normalized spacial score (nSPS) is 20.9. The van der Waals surface area contributed by atoms with Crippen LogP contribution in [0.25, 0.3) is 0 Å². The third-order valence-corrected chi connectivity index (χ3v) is 5.48. The summed E-state index contributed by atoms with van der Waals surface area (Å²) in [7, 11) is 1.89. The number of rotatable bonds is 4. The molecule has 0 spiro atoms. The Labute approximate surface area is 169 Å². The second kappa shape index (κ2) is 9.64. The second-order valence-electron chi connectivity index (χ2n) is 7.54. The van der Waals surface area contributed by atoms with E-state index < -0.39 is 0 Å². The fraction of sp³-hybridized carbons (Fsp3) is 0.650. The number of halogens is 1. The summed E-state index contributed by atoms with van der Waals surface area (Å²) >= 11 is 0. The van der Waals surface area contributed by atoms with Crippen LogP contribution in [0, 0.1) is 5.41 Å². The van der Waals surface area contributed by atoms with Crippen LogP contribution in [0.1, 0.15) is 45.4 Å². The van der Waals surface area contributed by atoms with Gasteiger partial charge < -0.3 is 15.0 Å². The lowest BCUT2D eigenvalue weighted by Crippen LogP contribution is -2.49. The highest BCUT2D eigenvalue weighted by atomic mass is 127. The number of likely N-dealkylation sites (tertiary alicyclic amines) is 1. The highest BCUT2D eigenvalue weighted by Gasteiger charge is 2.30. The Hall–Kier alpha value is -0.980. The Bertz CT molecular complexity index is 535. The summed E-state index contributed by atoms with van der Waals surface area (Å²) in [6.07, 6.45) is 7.83. The van der Waals surface area contributed by atoms with Gasteiger partial charge in [0.1, 0.15) is 11.9 Å². The third kappa shape index (κ3) is 5.76. The van der Waals surface area contributed by atoms with Crippen LogP contribution in [0.4, 0.5) is 0 Å². The van der Waals surface area contributed by atoms with Crippen molar-refractivity contribution in [3.05, 3.63) is 30.3 Å². The Morgan fingerprint density at radius 1 is 1.20 bits per heavy atom. The molecule has 0 aromatic heterocycles. The molecule has 2 fully saturated rings. The second-order valence-corrected chi connectivity index (χ2v) is 7.54. The van der Waals surface area contributed by atoms with Gasteiger partial charge in [0.05, 0.1) is 0 Å². The van der Waals surface area contributed by atoms with Gasteiger partial charge in [0.2, 0.25) is 0 Å². The van der Waals surface area contributed by atoms with Crippen molar-refractivity contribution in [2.75, 3.05) is 26.7 Å². The number of benzene rings is 1. The van der Waals surface area contributed by atoms with Crippen molar-refractivity contribution in [3.8, 4) is 5.75 Å². The van der Waals surface area contributed by atoms with E-state index >= 15 is 0 Å². The summed E-state index contributed by atoms with van der Waals surface area (Å²) in [5.41, 5.74) is 0.449. The van der Waals surface area contributed by atoms with Crippen LogP contribution in [0.5, 0.6) is 5.75 Å². The summed E-state index contributed by atoms with van der Waals surface area (Å²) in [6, 6.07) is 10.2. The molecule has 4 nitrogen and oxygen atoms in total. The van der Waals surface area contributed by atoms with Crippen molar-refractivity contribution in [1.29, 1.82) is 0 Å². The first-order chi connectivity index (χ1) is 11.7. The quantitative estimate of drug-likeness (QED) is 0.416. The van der Waals surface area contributed by atoms with Crippen molar-refractivity contribution in [3.63, 3.8) is 0 Å². The topological polar surface area (TPSA) is 36.9 Å². The summed E-state index contributed by atoms with van der Waals surface area (Å²) in [6.45, 7) is 5.46. The monoisotopic (exact) mass is 457 g/mol. The SMILES string of the molecule is CN=C(NCC1(C)CCCC1)N1CCC(Oc2ccccc2)CC1.I. The number of nitrogens with one attached hydrogen (secondary N) is 1. The van der Waals surface area contributed by atoms with E-state index in [9.17, 15) is 0 Å². The zero-order chi connectivity index (χ0) is 16.8. The molecule has 1 aromatic carbocycles. The minimum Gasteiger partial charge on any atom is -0.490 e. The fourth-order valence-electron chi connectivity index (χ4n) is 3.91. The van der Waals surface area contributed by atoms with E-state index in [0.717, 1.165) is 44.2 Å². The molecule has 0 atom stereocenters. The lowest BCUT2D eigenvalue weighted by atomic mass is 9.89. The number of hydrogen-bond acceptors (Lipinski definition) is 2. The predicted octanol–water partition coefficient (Wildman–Crippen LogP) is 4.30. The first-order valence-electron chi connectivity index (χ1n) is 9.36. The van der Waals surface area contributed by atoms with Gasteiger partial charge in [-0.15, -0.1) is 24.0 Å². The Kier molecular flexibility index (Phi) is 7.84. The predicted molar refractivity (Wildman–Crippen MR) is 115 cm³/mol. The molecule has 25 heavy (non-hydrogen) atoms. The van der Waals surface area contributed by atoms with Gasteiger partial charge in [0.25, 0.3) is 0 Å². The van der Waals surface area contributed by atoms with E-state index in [1.165, 1.54) is 25.7 Å². The number of hydrogen-bond donors (Lipinski definition) is 1. The van der Waals surface area contributed by atoms with Gasteiger partial charge in [-0.1, -0.05) is 38.0 Å². The summed E-state index contributed by atoms with van der Waals surface area (Å²) < 4.78 is 6.09. The number of ether oxygens (including phenoxy) is 1. The van der Waals surface area contributed by atoms with Gasteiger partial charge in [-0.3, -0.25) is 4.99 Å². The lowest BCUT2D eigenvalue weighted by molar-refractivity contribution is 0.129. The van der Waals surface area contributed by atoms with Crippen LogP contribution in [0.2, 0.25) is 0 Å². The molecule has 5 heteroatoms. The number of para-hydroxylation sites is 1. The van der Waals surface area contributed by atoms with Crippen LogP contribution >= 0.6 is 24.0 Å². The molecule has 1 N–H and O–H groups in total. The Morgan fingerprint density at radius 3 is 2.44 bits per heavy atom. The zero-order valence-electron chi connectivity index (χ0n) is 15.5. The Balaban J connectivity index is 0.00000225. The first-order valence-corrected chi connectivity index (χ1v) is 9.36. The number of piperidine rings is 1. The maximum atomic E-state index is 6.09. The van der Waals surface area contributed by atoms with Crippen LogP contribution in [0.15, 0.2) is 35.3 Å². The highest BCUT2D eigenvalue weighted by Crippen LogP contribution is 2.36. The van der Waals surface area contributed by atoms with Crippen LogP contribution in [0.3, 0.4) is 0 Å². The average molecular weight is 457 g/mol. The number of guanidine groups is 1. The molecule has 1 aromatic rings. The zero-order valence-corrected chi connectivity index (χ0v) is 17.9. The molecular weight excluding hydrogens is 425 g/mol. The average Bonchev–Trinajstić information content (AvgIpc) is 3.05. The van der Waals surface area contributed by atoms with Gasteiger partial charge in [0.15, 0.2) is 5.96 Å². The Morgan fingerprint density at radius 2 is 1.84 bits per heavy atom. The molecule has 0 amide bonds. The van der Waals surface area contributed by atoms with Crippen LogP contribution in [-0.2, 0) is 0 Å². The number of nitrogens with zero attached hydrogens (tertiary/aromatic N) is 2.